The predicted molar refractivity (Wildman–Crippen MR) is 85.0 cm³/mol. The van der Waals surface area contributed by atoms with E-state index in [9.17, 15) is 4.79 Å². The third-order valence-electron chi connectivity index (χ3n) is 2.89. The number of halogens is 1. The van der Waals surface area contributed by atoms with Gasteiger partial charge in [-0.1, -0.05) is 29.8 Å². The highest BCUT2D eigenvalue weighted by Crippen LogP contribution is 2.15. The summed E-state index contributed by atoms with van der Waals surface area (Å²) in [4.78, 5) is 20.0. The summed E-state index contributed by atoms with van der Waals surface area (Å²) in [5.41, 5.74) is 1.23. The van der Waals surface area contributed by atoms with Crippen molar-refractivity contribution in [2.75, 3.05) is 25.6 Å². The van der Waals surface area contributed by atoms with Gasteiger partial charge in [0.15, 0.2) is 0 Å². The third-order valence-corrected chi connectivity index (χ3v) is 3.26. The quantitative estimate of drug-likeness (QED) is 0.764. The van der Waals surface area contributed by atoms with Gasteiger partial charge in [0.05, 0.1) is 19.0 Å². The van der Waals surface area contributed by atoms with Crippen LogP contribution in [0.1, 0.15) is 16.1 Å². The van der Waals surface area contributed by atoms with Crippen LogP contribution in [-0.2, 0) is 11.3 Å². The fraction of sp³-hybridized carbons (Fsp3) is 0.267. The smallest absolute Gasteiger partial charge is 0.271 e. The maximum atomic E-state index is 11.7. The Bertz CT molecular complexity index is 619. The second-order valence-corrected chi connectivity index (χ2v) is 4.89. The summed E-state index contributed by atoms with van der Waals surface area (Å²) in [6, 6.07) is 7.56. The van der Waals surface area contributed by atoms with E-state index in [-0.39, 0.29) is 11.6 Å². The Morgan fingerprint density at radius 2 is 2.09 bits per heavy atom. The molecule has 2 aromatic rings. The van der Waals surface area contributed by atoms with Gasteiger partial charge in [-0.05, 0) is 11.6 Å². The number of nitrogens with zero attached hydrogens (tertiary/aromatic N) is 2. The van der Waals surface area contributed by atoms with Gasteiger partial charge in [-0.2, -0.15) is 0 Å². The minimum Gasteiger partial charge on any atom is -0.383 e. The van der Waals surface area contributed by atoms with Crippen LogP contribution in [-0.4, -0.2) is 36.1 Å². The van der Waals surface area contributed by atoms with Crippen LogP contribution in [0.2, 0.25) is 5.02 Å². The summed E-state index contributed by atoms with van der Waals surface area (Å²) in [6.07, 6.45) is 2.94. The summed E-state index contributed by atoms with van der Waals surface area (Å²) in [6.45, 7) is 1.42. The van der Waals surface area contributed by atoms with Crippen LogP contribution in [0.4, 0.5) is 5.82 Å². The molecular weight excluding hydrogens is 304 g/mol. The first-order valence-corrected chi connectivity index (χ1v) is 7.15. The Labute approximate surface area is 133 Å². The maximum Gasteiger partial charge on any atom is 0.271 e. The summed E-state index contributed by atoms with van der Waals surface area (Å²) in [5, 5.41) is 6.48. The lowest BCUT2D eigenvalue weighted by molar-refractivity contribution is 0.0932. The Morgan fingerprint density at radius 1 is 1.27 bits per heavy atom. The zero-order chi connectivity index (χ0) is 15.8. The highest BCUT2D eigenvalue weighted by atomic mass is 35.5. The van der Waals surface area contributed by atoms with Crippen LogP contribution >= 0.6 is 11.6 Å². The monoisotopic (exact) mass is 320 g/mol. The van der Waals surface area contributed by atoms with E-state index in [2.05, 4.69) is 20.6 Å². The van der Waals surface area contributed by atoms with Crippen molar-refractivity contribution >= 4 is 23.3 Å². The molecule has 2 N–H and O–H groups in total. The van der Waals surface area contributed by atoms with Gasteiger partial charge in [0.25, 0.3) is 5.91 Å². The highest BCUT2D eigenvalue weighted by molar-refractivity contribution is 6.31. The second kappa shape index (κ2) is 8.31. The Hall–Kier alpha value is -2.18. The summed E-state index contributed by atoms with van der Waals surface area (Å²) < 4.78 is 4.86. The topological polar surface area (TPSA) is 76.1 Å². The minimum absolute atomic E-state index is 0.263. The fourth-order valence-electron chi connectivity index (χ4n) is 1.72. The zero-order valence-electron chi connectivity index (χ0n) is 12.2. The van der Waals surface area contributed by atoms with Crippen molar-refractivity contribution in [1.82, 2.24) is 15.3 Å². The van der Waals surface area contributed by atoms with Gasteiger partial charge in [0.1, 0.15) is 11.5 Å². The summed E-state index contributed by atoms with van der Waals surface area (Å²) in [7, 11) is 1.57. The number of anilines is 1. The molecule has 2 rings (SSSR count). The fourth-order valence-corrected chi connectivity index (χ4v) is 1.92. The molecule has 0 fully saturated rings. The first-order chi connectivity index (χ1) is 10.7. The number of amides is 1. The molecule has 22 heavy (non-hydrogen) atoms. The van der Waals surface area contributed by atoms with Crippen molar-refractivity contribution in [3.63, 3.8) is 0 Å². The Balaban J connectivity index is 1.89. The van der Waals surface area contributed by atoms with Crippen molar-refractivity contribution in [3.8, 4) is 0 Å². The average Bonchev–Trinajstić information content (AvgIpc) is 2.55. The number of benzene rings is 1. The first kappa shape index (κ1) is 16.2. The van der Waals surface area contributed by atoms with E-state index in [0.717, 1.165) is 5.56 Å². The molecule has 116 valence electrons. The standard InChI is InChI=1S/C15H17ClN4O2/c1-22-7-6-17-15(21)13-9-20-14(10-18-13)19-8-11-4-2-3-5-12(11)16/h2-5,9-10H,6-8H2,1H3,(H,17,21)(H,19,20). The number of nitrogens with one attached hydrogen (secondary N) is 2. The minimum atomic E-state index is -0.276. The van der Waals surface area contributed by atoms with Gasteiger partial charge < -0.3 is 15.4 Å². The van der Waals surface area contributed by atoms with E-state index in [1.54, 1.807) is 7.11 Å². The molecule has 0 aliphatic rings. The number of carbonyl (C=O) groups is 1. The molecule has 0 aliphatic carbocycles. The van der Waals surface area contributed by atoms with Crippen molar-refractivity contribution in [1.29, 1.82) is 0 Å². The molecule has 0 radical (unpaired) electrons. The maximum absolute atomic E-state index is 11.7. The van der Waals surface area contributed by atoms with Gasteiger partial charge in [0, 0.05) is 25.2 Å². The number of carbonyl (C=O) groups excluding carboxylic acids is 1. The molecule has 1 aromatic carbocycles. The van der Waals surface area contributed by atoms with Gasteiger partial charge in [0.2, 0.25) is 0 Å². The van der Waals surface area contributed by atoms with E-state index in [1.807, 2.05) is 24.3 Å². The van der Waals surface area contributed by atoms with Gasteiger partial charge in [-0.3, -0.25) is 4.79 Å². The van der Waals surface area contributed by atoms with Crippen molar-refractivity contribution in [3.05, 3.63) is 52.9 Å². The number of aromatic nitrogens is 2. The molecule has 0 saturated heterocycles. The molecule has 1 amide bonds. The normalized spacial score (nSPS) is 10.3. The summed E-state index contributed by atoms with van der Waals surface area (Å²) in [5.74, 6) is 0.301. The average molecular weight is 321 g/mol. The van der Waals surface area contributed by atoms with Crippen molar-refractivity contribution < 1.29 is 9.53 Å². The number of rotatable bonds is 7. The van der Waals surface area contributed by atoms with E-state index in [0.29, 0.717) is 30.5 Å². The third kappa shape index (κ3) is 4.68. The molecule has 0 spiro atoms. The Morgan fingerprint density at radius 3 is 2.77 bits per heavy atom. The second-order valence-electron chi connectivity index (χ2n) is 4.48. The lowest BCUT2D eigenvalue weighted by Gasteiger charge is -2.08. The lowest BCUT2D eigenvalue weighted by atomic mass is 10.2. The number of ether oxygens (including phenoxy) is 1. The van der Waals surface area contributed by atoms with E-state index >= 15 is 0 Å². The number of hydrogen-bond acceptors (Lipinski definition) is 5. The van der Waals surface area contributed by atoms with Crippen LogP contribution in [0.3, 0.4) is 0 Å². The van der Waals surface area contributed by atoms with Gasteiger partial charge in [-0.25, -0.2) is 9.97 Å². The first-order valence-electron chi connectivity index (χ1n) is 6.77. The van der Waals surface area contributed by atoms with Crippen LogP contribution in [0.5, 0.6) is 0 Å². The van der Waals surface area contributed by atoms with Crippen LogP contribution in [0, 0.1) is 0 Å². The molecule has 1 aromatic heterocycles. The molecule has 0 atom stereocenters. The van der Waals surface area contributed by atoms with E-state index < -0.39 is 0 Å². The molecular formula is C15H17ClN4O2. The number of hydrogen-bond donors (Lipinski definition) is 2. The largest absolute Gasteiger partial charge is 0.383 e. The van der Waals surface area contributed by atoms with Crippen molar-refractivity contribution in [2.45, 2.75) is 6.54 Å². The molecule has 7 heteroatoms. The zero-order valence-corrected chi connectivity index (χ0v) is 12.9. The van der Waals surface area contributed by atoms with Crippen LogP contribution < -0.4 is 10.6 Å². The molecule has 0 aliphatic heterocycles. The Kier molecular flexibility index (Phi) is 6.12. The molecule has 6 nitrogen and oxygen atoms in total. The summed E-state index contributed by atoms with van der Waals surface area (Å²) >= 11 is 6.08. The molecule has 0 saturated carbocycles. The molecule has 0 unspecified atom stereocenters. The number of methoxy groups -OCH3 is 1. The van der Waals surface area contributed by atoms with Crippen molar-refractivity contribution in [2.24, 2.45) is 0 Å². The molecule has 1 heterocycles. The van der Waals surface area contributed by atoms with Gasteiger partial charge in [-0.15, -0.1) is 0 Å². The van der Waals surface area contributed by atoms with Crippen LogP contribution in [0.25, 0.3) is 0 Å². The molecule has 0 bridgehead atoms. The van der Waals surface area contributed by atoms with E-state index in [1.165, 1.54) is 12.4 Å². The highest BCUT2D eigenvalue weighted by Gasteiger charge is 2.07. The van der Waals surface area contributed by atoms with Crippen LogP contribution in [0.15, 0.2) is 36.7 Å². The van der Waals surface area contributed by atoms with Gasteiger partial charge >= 0.3 is 0 Å². The van der Waals surface area contributed by atoms with E-state index in [4.69, 9.17) is 16.3 Å². The lowest BCUT2D eigenvalue weighted by Crippen LogP contribution is -2.27. The predicted octanol–water partition coefficient (Wildman–Crippen LogP) is 2.12. The SMILES string of the molecule is COCCNC(=O)c1cnc(NCc2ccccc2Cl)cn1.